The van der Waals surface area contributed by atoms with Crippen LogP contribution in [-0.4, -0.2) is 36.0 Å². The van der Waals surface area contributed by atoms with Crippen LogP contribution in [0.25, 0.3) is 0 Å². The molecule has 96 valence electrons. The lowest BCUT2D eigenvalue weighted by Crippen LogP contribution is -2.55. The van der Waals surface area contributed by atoms with E-state index in [1.807, 2.05) is 6.92 Å². The molecule has 0 rings (SSSR count). The summed E-state index contributed by atoms with van der Waals surface area (Å²) in [6.45, 7) is 10.5. The second-order valence-corrected chi connectivity index (χ2v) is 4.48. The van der Waals surface area contributed by atoms with Gasteiger partial charge in [-0.3, -0.25) is 9.69 Å². The van der Waals surface area contributed by atoms with Gasteiger partial charge in [-0.05, 0) is 19.4 Å². The number of carbonyl (C=O) groups excluding carboxylic acids is 1. The first kappa shape index (κ1) is 15.4. The van der Waals surface area contributed by atoms with E-state index in [0.29, 0.717) is 13.1 Å². The zero-order valence-corrected chi connectivity index (χ0v) is 11.1. The normalized spacial score (nSPS) is 14.1. The molecule has 0 bridgehead atoms. The second kappa shape index (κ2) is 6.86. The van der Waals surface area contributed by atoms with E-state index in [4.69, 9.17) is 11.5 Å². The average molecular weight is 229 g/mol. The Balaban J connectivity index is 4.74. The lowest BCUT2D eigenvalue weighted by Gasteiger charge is -2.43. The van der Waals surface area contributed by atoms with Crippen LogP contribution in [0.4, 0.5) is 0 Å². The Morgan fingerprint density at radius 2 is 1.81 bits per heavy atom. The highest BCUT2D eigenvalue weighted by molar-refractivity contribution is 5.76. The Morgan fingerprint density at radius 1 is 1.31 bits per heavy atom. The van der Waals surface area contributed by atoms with Crippen molar-refractivity contribution in [3.8, 4) is 0 Å². The zero-order valence-electron chi connectivity index (χ0n) is 11.1. The van der Waals surface area contributed by atoms with Crippen molar-refractivity contribution in [3.63, 3.8) is 0 Å². The SMILES string of the molecule is CCN(CC(C)C(N)=O)C(CC)(CC)CN. The number of primary amides is 1. The molecule has 0 aliphatic rings. The minimum Gasteiger partial charge on any atom is -0.369 e. The maximum absolute atomic E-state index is 11.1. The Hall–Kier alpha value is -0.610. The summed E-state index contributed by atoms with van der Waals surface area (Å²) in [5, 5.41) is 0. The van der Waals surface area contributed by atoms with Gasteiger partial charge in [0.25, 0.3) is 0 Å². The zero-order chi connectivity index (χ0) is 12.8. The molecule has 0 radical (unpaired) electrons. The van der Waals surface area contributed by atoms with Crippen LogP contribution in [0.15, 0.2) is 0 Å². The highest BCUT2D eigenvalue weighted by Gasteiger charge is 2.32. The smallest absolute Gasteiger partial charge is 0.221 e. The van der Waals surface area contributed by atoms with Gasteiger partial charge in [-0.25, -0.2) is 0 Å². The first-order valence-electron chi connectivity index (χ1n) is 6.21. The second-order valence-electron chi connectivity index (χ2n) is 4.48. The van der Waals surface area contributed by atoms with Gasteiger partial charge in [0, 0.05) is 24.5 Å². The van der Waals surface area contributed by atoms with Crippen molar-refractivity contribution in [2.75, 3.05) is 19.6 Å². The van der Waals surface area contributed by atoms with Crippen LogP contribution >= 0.6 is 0 Å². The maximum Gasteiger partial charge on any atom is 0.221 e. The molecule has 0 aromatic rings. The molecule has 0 spiro atoms. The molecule has 0 aliphatic heterocycles. The molecule has 0 aliphatic carbocycles. The molecule has 4 N–H and O–H groups in total. The van der Waals surface area contributed by atoms with E-state index >= 15 is 0 Å². The molecule has 16 heavy (non-hydrogen) atoms. The van der Waals surface area contributed by atoms with Crippen LogP contribution in [0.5, 0.6) is 0 Å². The summed E-state index contributed by atoms with van der Waals surface area (Å²) in [6, 6.07) is 0. The third-order valence-electron chi connectivity index (χ3n) is 3.73. The van der Waals surface area contributed by atoms with Gasteiger partial charge in [-0.15, -0.1) is 0 Å². The van der Waals surface area contributed by atoms with Gasteiger partial charge in [0.1, 0.15) is 0 Å². The molecule has 1 amide bonds. The van der Waals surface area contributed by atoms with Crippen molar-refractivity contribution in [3.05, 3.63) is 0 Å². The van der Waals surface area contributed by atoms with E-state index in [-0.39, 0.29) is 17.4 Å². The highest BCUT2D eigenvalue weighted by atomic mass is 16.1. The van der Waals surface area contributed by atoms with Crippen molar-refractivity contribution in [2.45, 2.75) is 46.1 Å². The van der Waals surface area contributed by atoms with Gasteiger partial charge >= 0.3 is 0 Å². The lowest BCUT2D eigenvalue weighted by molar-refractivity contribution is -0.122. The number of amides is 1. The monoisotopic (exact) mass is 229 g/mol. The third kappa shape index (κ3) is 3.46. The van der Waals surface area contributed by atoms with Crippen molar-refractivity contribution in [1.29, 1.82) is 0 Å². The molecule has 4 nitrogen and oxygen atoms in total. The van der Waals surface area contributed by atoms with Crippen LogP contribution in [0.1, 0.15) is 40.5 Å². The number of rotatable bonds is 8. The predicted octanol–water partition coefficient (Wildman–Crippen LogP) is 0.947. The summed E-state index contributed by atoms with van der Waals surface area (Å²) in [6.07, 6.45) is 2.00. The molecule has 1 atom stereocenters. The van der Waals surface area contributed by atoms with Gasteiger partial charge in [0.05, 0.1) is 0 Å². The van der Waals surface area contributed by atoms with Crippen molar-refractivity contribution in [2.24, 2.45) is 17.4 Å². The van der Waals surface area contributed by atoms with Gasteiger partial charge in [-0.1, -0.05) is 27.7 Å². The van der Waals surface area contributed by atoms with Crippen molar-refractivity contribution >= 4 is 5.91 Å². The Morgan fingerprint density at radius 3 is 2.06 bits per heavy atom. The van der Waals surface area contributed by atoms with Gasteiger partial charge < -0.3 is 11.5 Å². The summed E-state index contributed by atoms with van der Waals surface area (Å²) in [5.41, 5.74) is 11.2. The first-order chi connectivity index (χ1) is 7.47. The number of carbonyl (C=O) groups is 1. The van der Waals surface area contributed by atoms with Crippen LogP contribution < -0.4 is 11.5 Å². The van der Waals surface area contributed by atoms with Gasteiger partial charge in [0.2, 0.25) is 5.91 Å². The molecule has 0 saturated heterocycles. The molecule has 0 fully saturated rings. The molecule has 0 heterocycles. The summed E-state index contributed by atoms with van der Waals surface area (Å²) in [4.78, 5) is 13.4. The molecule has 0 aromatic heterocycles. The van der Waals surface area contributed by atoms with Crippen LogP contribution in [0.2, 0.25) is 0 Å². The minimum absolute atomic E-state index is 0.0124. The largest absolute Gasteiger partial charge is 0.369 e. The Bertz CT molecular complexity index is 206. The van der Waals surface area contributed by atoms with E-state index in [1.54, 1.807) is 0 Å². The van der Waals surface area contributed by atoms with Crippen LogP contribution in [-0.2, 0) is 4.79 Å². The van der Waals surface area contributed by atoms with Crippen molar-refractivity contribution in [1.82, 2.24) is 4.90 Å². The van der Waals surface area contributed by atoms with Crippen LogP contribution in [0.3, 0.4) is 0 Å². The van der Waals surface area contributed by atoms with Crippen molar-refractivity contribution < 1.29 is 4.79 Å². The van der Waals surface area contributed by atoms with Gasteiger partial charge in [-0.2, -0.15) is 0 Å². The third-order valence-corrected chi connectivity index (χ3v) is 3.73. The van der Waals surface area contributed by atoms with Crippen LogP contribution in [0, 0.1) is 5.92 Å². The first-order valence-corrected chi connectivity index (χ1v) is 6.21. The predicted molar refractivity (Wildman–Crippen MR) is 68.0 cm³/mol. The number of hydrogen-bond donors (Lipinski definition) is 2. The number of hydrogen-bond acceptors (Lipinski definition) is 3. The number of nitrogens with two attached hydrogens (primary N) is 2. The summed E-state index contributed by atoms with van der Waals surface area (Å²) in [5.74, 6) is -0.361. The molecular weight excluding hydrogens is 202 g/mol. The summed E-state index contributed by atoms with van der Waals surface area (Å²) < 4.78 is 0. The fraction of sp³-hybridized carbons (Fsp3) is 0.917. The van der Waals surface area contributed by atoms with E-state index in [1.165, 1.54) is 0 Å². The quantitative estimate of drug-likeness (QED) is 0.651. The highest BCUT2D eigenvalue weighted by Crippen LogP contribution is 2.23. The van der Waals surface area contributed by atoms with E-state index in [2.05, 4.69) is 25.7 Å². The fourth-order valence-electron chi connectivity index (χ4n) is 2.19. The molecule has 0 saturated carbocycles. The standard InChI is InChI=1S/C12H27N3O/c1-5-12(6-2,9-13)15(7-3)8-10(4)11(14)16/h10H,5-9,13H2,1-4H3,(H2,14,16). The molecule has 4 heteroatoms. The minimum atomic E-state index is -0.239. The van der Waals surface area contributed by atoms with E-state index < -0.39 is 0 Å². The number of likely N-dealkylation sites (N-methyl/N-ethyl adjacent to an activating group) is 1. The summed E-state index contributed by atoms with van der Waals surface area (Å²) >= 11 is 0. The lowest BCUT2D eigenvalue weighted by atomic mass is 9.89. The topological polar surface area (TPSA) is 72.3 Å². The van der Waals surface area contributed by atoms with E-state index in [9.17, 15) is 4.79 Å². The number of nitrogens with zero attached hydrogens (tertiary/aromatic N) is 1. The summed E-state index contributed by atoms with van der Waals surface area (Å²) in [7, 11) is 0. The molecule has 1 unspecified atom stereocenters. The molecule has 0 aromatic carbocycles. The average Bonchev–Trinajstić information content (AvgIpc) is 2.29. The molecular formula is C12H27N3O. The maximum atomic E-state index is 11.1. The van der Waals surface area contributed by atoms with Gasteiger partial charge in [0.15, 0.2) is 0 Å². The Kier molecular flexibility index (Phi) is 6.60. The Labute approximate surface area is 99.4 Å². The fourth-order valence-corrected chi connectivity index (χ4v) is 2.19. The van der Waals surface area contributed by atoms with E-state index in [0.717, 1.165) is 19.4 Å².